The fourth-order valence-corrected chi connectivity index (χ4v) is 3.04. The van der Waals surface area contributed by atoms with Crippen LogP contribution in [0.2, 0.25) is 0 Å². The molecule has 0 bridgehead atoms. The van der Waals surface area contributed by atoms with Crippen molar-refractivity contribution in [2.45, 2.75) is 19.8 Å². The Morgan fingerprint density at radius 3 is 2.44 bits per heavy atom. The Morgan fingerprint density at radius 2 is 1.81 bits per heavy atom. The summed E-state index contributed by atoms with van der Waals surface area (Å²) in [4.78, 5) is 28.7. The smallest absolute Gasteiger partial charge is 0.253 e. The molecule has 0 N–H and O–H groups in total. The number of hydrogen-bond donors (Lipinski definition) is 0. The van der Waals surface area contributed by atoms with E-state index in [9.17, 15) is 9.59 Å². The quantitative estimate of drug-likeness (QED) is 0.528. The second-order valence-corrected chi connectivity index (χ2v) is 6.70. The van der Waals surface area contributed by atoms with Gasteiger partial charge in [-0.15, -0.1) is 0 Å². The van der Waals surface area contributed by atoms with Crippen molar-refractivity contribution in [2.24, 2.45) is 0 Å². The first kappa shape index (κ1) is 19.2. The third kappa shape index (κ3) is 5.20. The second kappa shape index (κ2) is 9.37. The van der Waals surface area contributed by atoms with E-state index in [1.54, 1.807) is 12.1 Å². The van der Waals surface area contributed by atoms with Gasteiger partial charge in [-0.3, -0.25) is 14.5 Å². The normalized spacial score (nSPS) is 14.9. The average Bonchev–Trinajstić information content (AvgIpc) is 3.24. The Bertz CT molecular complexity index is 732. The van der Waals surface area contributed by atoms with Crippen molar-refractivity contribution < 1.29 is 18.7 Å². The van der Waals surface area contributed by atoms with Crippen LogP contribution in [0, 0.1) is 0 Å². The Morgan fingerprint density at radius 1 is 1.07 bits per heavy atom. The van der Waals surface area contributed by atoms with Crippen LogP contribution in [0.25, 0.3) is 0 Å². The molecule has 1 amide bonds. The first-order valence-corrected chi connectivity index (χ1v) is 9.48. The summed E-state index contributed by atoms with van der Waals surface area (Å²) in [5, 5.41) is 0. The van der Waals surface area contributed by atoms with Crippen molar-refractivity contribution in [3.05, 3.63) is 54.0 Å². The van der Waals surface area contributed by atoms with Crippen LogP contribution in [-0.4, -0.2) is 60.8 Å². The highest BCUT2D eigenvalue weighted by atomic mass is 16.5. The minimum Gasteiger partial charge on any atom is -0.494 e. The Labute approximate surface area is 159 Å². The molecular formula is C21H26N2O4. The monoisotopic (exact) mass is 370 g/mol. The highest BCUT2D eigenvalue weighted by molar-refractivity contribution is 5.95. The number of carbonyl (C=O) groups excluding carboxylic acids is 2. The van der Waals surface area contributed by atoms with Gasteiger partial charge in [0, 0.05) is 31.7 Å². The van der Waals surface area contributed by atoms with E-state index >= 15 is 0 Å². The van der Waals surface area contributed by atoms with E-state index in [0.29, 0.717) is 50.7 Å². The molecule has 1 aliphatic heterocycles. The van der Waals surface area contributed by atoms with Crippen molar-refractivity contribution in [3.63, 3.8) is 0 Å². The summed E-state index contributed by atoms with van der Waals surface area (Å²) in [5.74, 6) is 1.17. The number of ketones is 1. The molecule has 6 heteroatoms. The summed E-state index contributed by atoms with van der Waals surface area (Å²) in [5.41, 5.74) is 0.665. The summed E-state index contributed by atoms with van der Waals surface area (Å²) in [7, 11) is 0. The number of benzene rings is 1. The van der Waals surface area contributed by atoms with Crippen molar-refractivity contribution in [1.29, 1.82) is 0 Å². The molecule has 1 fully saturated rings. The maximum Gasteiger partial charge on any atom is 0.253 e. The molecule has 1 aliphatic rings. The number of ether oxygens (including phenoxy) is 1. The number of Topliss-reactive ketones (excluding diaryl/α,β-unsaturated/α-hetero) is 1. The van der Waals surface area contributed by atoms with Gasteiger partial charge in [0.25, 0.3) is 5.91 Å². The summed E-state index contributed by atoms with van der Waals surface area (Å²) in [6.45, 7) is 5.71. The number of furan rings is 1. The summed E-state index contributed by atoms with van der Waals surface area (Å²) in [6.07, 6.45) is 3.62. The van der Waals surface area contributed by atoms with Crippen LogP contribution < -0.4 is 4.74 Å². The number of rotatable bonds is 8. The Kier molecular flexibility index (Phi) is 6.65. The molecule has 2 aromatic rings. The van der Waals surface area contributed by atoms with E-state index in [0.717, 1.165) is 18.6 Å². The van der Waals surface area contributed by atoms with Gasteiger partial charge < -0.3 is 14.1 Å². The Balaban J connectivity index is 1.47. The van der Waals surface area contributed by atoms with Gasteiger partial charge in [0.15, 0.2) is 5.76 Å². The lowest BCUT2D eigenvalue weighted by Gasteiger charge is -2.34. The first-order chi connectivity index (χ1) is 13.2. The molecule has 0 unspecified atom stereocenters. The van der Waals surface area contributed by atoms with E-state index in [1.807, 2.05) is 29.2 Å². The van der Waals surface area contributed by atoms with Gasteiger partial charge in [0.2, 0.25) is 5.78 Å². The summed E-state index contributed by atoms with van der Waals surface area (Å²) in [6, 6.07) is 10.7. The van der Waals surface area contributed by atoms with Crippen LogP contribution in [0.15, 0.2) is 47.1 Å². The van der Waals surface area contributed by atoms with E-state index in [4.69, 9.17) is 9.15 Å². The van der Waals surface area contributed by atoms with Crippen LogP contribution in [0.3, 0.4) is 0 Å². The molecule has 6 nitrogen and oxygen atoms in total. The van der Waals surface area contributed by atoms with Crippen molar-refractivity contribution in [3.8, 4) is 5.75 Å². The summed E-state index contributed by atoms with van der Waals surface area (Å²) < 4.78 is 10.8. The highest BCUT2D eigenvalue weighted by Gasteiger charge is 2.24. The van der Waals surface area contributed by atoms with Crippen LogP contribution in [0.4, 0.5) is 0 Å². The average molecular weight is 370 g/mol. The molecule has 3 rings (SSSR count). The van der Waals surface area contributed by atoms with E-state index in [2.05, 4.69) is 11.8 Å². The number of piperazine rings is 1. The van der Waals surface area contributed by atoms with Crippen molar-refractivity contribution in [2.75, 3.05) is 39.3 Å². The summed E-state index contributed by atoms with van der Waals surface area (Å²) >= 11 is 0. The Hall–Kier alpha value is -2.60. The van der Waals surface area contributed by atoms with Gasteiger partial charge in [-0.05, 0) is 42.8 Å². The third-order valence-electron chi connectivity index (χ3n) is 4.69. The number of carbonyl (C=O) groups is 2. The molecular weight excluding hydrogens is 344 g/mol. The zero-order valence-corrected chi connectivity index (χ0v) is 15.7. The zero-order chi connectivity index (χ0) is 19.1. The number of unbranched alkanes of at least 4 members (excludes halogenated alkanes) is 1. The largest absolute Gasteiger partial charge is 0.494 e. The second-order valence-electron chi connectivity index (χ2n) is 6.70. The fraction of sp³-hybridized carbons (Fsp3) is 0.429. The molecule has 1 aromatic heterocycles. The van der Waals surface area contributed by atoms with Crippen LogP contribution in [-0.2, 0) is 0 Å². The maximum atomic E-state index is 12.7. The predicted molar refractivity (Wildman–Crippen MR) is 102 cm³/mol. The van der Waals surface area contributed by atoms with Crippen LogP contribution >= 0.6 is 0 Å². The minimum atomic E-state index is -0.0292. The molecule has 144 valence electrons. The molecule has 27 heavy (non-hydrogen) atoms. The minimum absolute atomic E-state index is 0.0205. The first-order valence-electron chi connectivity index (χ1n) is 9.48. The lowest BCUT2D eigenvalue weighted by molar-refractivity contribution is 0.0620. The van der Waals surface area contributed by atoms with E-state index < -0.39 is 0 Å². The van der Waals surface area contributed by atoms with Gasteiger partial charge in [-0.25, -0.2) is 0 Å². The zero-order valence-electron chi connectivity index (χ0n) is 15.7. The standard InChI is InChI=1S/C21H26N2O4/c1-2-3-14-26-18-8-6-17(7-9-18)21(25)23-12-10-22(11-13-23)16-19(24)20-5-4-15-27-20/h4-9,15H,2-3,10-14,16H2,1H3. The van der Waals surface area contributed by atoms with Crippen LogP contribution in [0.1, 0.15) is 40.7 Å². The number of nitrogens with zero attached hydrogens (tertiary/aromatic N) is 2. The SMILES string of the molecule is CCCCOc1ccc(C(=O)N2CCN(CC(=O)c3ccco3)CC2)cc1. The predicted octanol–water partition coefficient (Wildman–Crippen LogP) is 3.10. The molecule has 0 spiro atoms. The van der Waals surface area contributed by atoms with Gasteiger partial charge in [0.1, 0.15) is 5.75 Å². The molecule has 0 saturated carbocycles. The lowest BCUT2D eigenvalue weighted by atomic mass is 10.1. The lowest BCUT2D eigenvalue weighted by Crippen LogP contribution is -2.49. The van der Waals surface area contributed by atoms with E-state index in [-0.39, 0.29) is 11.7 Å². The van der Waals surface area contributed by atoms with Gasteiger partial charge >= 0.3 is 0 Å². The topological polar surface area (TPSA) is 63.0 Å². The molecule has 1 saturated heterocycles. The van der Waals surface area contributed by atoms with Crippen molar-refractivity contribution >= 4 is 11.7 Å². The van der Waals surface area contributed by atoms with Crippen molar-refractivity contribution in [1.82, 2.24) is 9.80 Å². The van der Waals surface area contributed by atoms with Gasteiger partial charge in [-0.2, -0.15) is 0 Å². The molecule has 2 heterocycles. The molecule has 0 atom stereocenters. The maximum absolute atomic E-state index is 12.7. The van der Waals surface area contributed by atoms with Gasteiger partial charge in [-0.1, -0.05) is 13.3 Å². The van der Waals surface area contributed by atoms with Gasteiger partial charge in [0.05, 0.1) is 19.4 Å². The molecule has 0 aliphatic carbocycles. The number of amides is 1. The van der Waals surface area contributed by atoms with E-state index in [1.165, 1.54) is 6.26 Å². The molecule has 0 radical (unpaired) electrons. The number of hydrogen-bond acceptors (Lipinski definition) is 5. The molecule has 1 aromatic carbocycles. The fourth-order valence-electron chi connectivity index (χ4n) is 3.04. The highest BCUT2D eigenvalue weighted by Crippen LogP contribution is 2.15. The van der Waals surface area contributed by atoms with Crippen LogP contribution in [0.5, 0.6) is 5.75 Å². The third-order valence-corrected chi connectivity index (χ3v) is 4.69.